The Balaban J connectivity index is 1.85. The highest BCUT2D eigenvalue weighted by Crippen LogP contribution is 2.21. The zero-order valence-electron chi connectivity index (χ0n) is 21.2. The smallest absolute Gasteiger partial charge is 0.100 e. The minimum absolute atomic E-state index is 0.623. The van der Waals surface area contributed by atoms with Crippen molar-refractivity contribution in [1.82, 2.24) is 9.80 Å². The molecular formula is C28H56N2. The highest BCUT2D eigenvalue weighted by atomic mass is 15.4. The van der Waals surface area contributed by atoms with Gasteiger partial charge in [-0.05, 0) is 19.3 Å². The van der Waals surface area contributed by atoms with Crippen molar-refractivity contribution < 1.29 is 0 Å². The van der Waals surface area contributed by atoms with Gasteiger partial charge >= 0.3 is 0 Å². The maximum Gasteiger partial charge on any atom is 0.100 e. The monoisotopic (exact) mass is 420 g/mol. The predicted octanol–water partition coefficient (Wildman–Crippen LogP) is 9.26. The van der Waals surface area contributed by atoms with E-state index in [0.29, 0.717) is 6.17 Å². The van der Waals surface area contributed by atoms with Gasteiger partial charge in [0.1, 0.15) is 6.17 Å². The van der Waals surface area contributed by atoms with Gasteiger partial charge in [-0.15, -0.1) is 0 Å². The molecule has 1 aliphatic rings. The molecular weight excluding hydrogens is 364 g/mol. The first kappa shape index (κ1) is 27.4. The molecule has 0 amide bonds. The maximum atomic E-state index is 2.58. The van der Waals surface area contributed by atoms with Crippen molar-refractivity contribution in [1.29, 1.82) is 0 Å². The highest BCUT2D eigenvalue weighted by Gasteiger charge is 2.22. The van der Waals surface area contributed by atoms with Crippen LogP contribution in [0.3, 0.4) is 0 Å². The first-order chi connectivity index (χ1) is 14.8. The van der Waals surface area contributed by atoms with Crippen LogP contribution in [0.5, 0.6) is 0 Å². The topological polar surface area (TPSA) is 6.48 Å². The summed E-state index contributed by atoms with van der Waals surface area (Å²) < 4.78 is 0. The Morgan fingerprint density at radius 2 is 0.900 bits per heavy atom. The zero-order valence-corrected chi connectivity index (χ0v) is 21.2. The van der Waals surface area contributed by atoms with Crippen LogP contribution >= 0.6 is 0 Å². The summed E-state index contributed by atoms with van der Waals surface area (Å²) in [6.07, 6.45) is 35.2. The Labute approximate surface area is 190 Å². The molecule has 0 saturated carbocycles. The Bertz CT molecular complexity index is 379. The summed E-state index contributed by atoms with van der Waals surface area (Å²) >= 11 is 0. The lowest BCUT2D eigenvalue weighted by atomic mass is 10.0. The molecule has 0 aromatic heterocycles. The molecule has 1 heterocycles. The Morgan fingerprint density at radius 3 is 1.37 bits per heavy atom. The third kappa shape index (κ3) is 14.4. The van der Waals surface area contributed by atoms with Gasteiger partial charge in [0.05, 0.1) is 0 Å². The van der Waals surface area contributed by atoms with Gasteiger partial charge in [-0.1, -0.05) is 129 Å². The highest BCUT2D eigenvalue weighted by molar-refractivity contribution is 4.95. The van der Waals surface area contributed by atoms with Gasteiger partial charge in [0.25, 0.3) is 0 Å². The van der Waals surface area contributed by atoms with Crippen molar-refractivity contribution in [2.75, 3.05) is 13.6 Å². The fourth-order valence-corrected chi connectivity index (χ4v) is 4.81. The standard InChI is InChI=1S/C28H56N2/c1-4-6-8-10-11-12-13-14-15-16-17-18-19-20-21-22-24-28-29(3)26-27-30(28)25-23-9-7-5-2/h26-28H,4-25H2,1-3H3. The molecule has 2 nitrogen and oxygen atoms in total. The van der Waals surface area contributed by atoms with Crippen LogP contribution in [0.2, 0.25) is 0 Å². The number of rotatable bonds is 22. The second-order valence-electron chi connectivity index (χ2n) is 9.83. The third-order valence-electron chi connectivity index (χ3n) is 6.93. The van der Waals surface area contributed by atoms with Gasteiger partial charge in [-0.3, -0.25) is 0 Å². The average Bonchev–Trinajstić information content (AvgIpc) is 3.10. The summed E-state index contributed by atoms with van der Waals surface area (Å²) in [4.78, 5) is 5.01. The summed E-state index contributed by atoms with van der Waals surface area (Å²) in [5, 5.41) is 0. The van der Waals surface area contributed by atoms with Crippen LogP contribution in [0.15, 0.2) is 12.4 Å². The van der Waals surface area contributed by atoms with E-state index in [1.165, 1.54) is 141 Å². The van der Waals surface area contributed by atoms with Crippen molar-refractivity contribution in [2.45, 2.75) is 155 Å². The normalized spacial score (nSPS) is 16.2. The lowest BCUT2D eigenvalue weighted by Crippen LogP contribution is -2.37. The summed E-state index contributed by atoms with van der Waals surface area (Å²) in [7, 11) is 2.25. The van der Waals surface area contributed by atoms with E-state index >= 15 is 0 Å². The lowest BCUT2D eigenvalue weighted by Gasteiger charge is -2.30. The Kier molecular flexibility index (Phi) is 18.5. The van der Waals surface area contributed by atoms with Crippen molar-refractivity contribution >= 4 is 0 Å². The van der Waals surface area contributed by atoms with Crippen molar-refractivity contribution in [2.24, 2.45) is 0 Å². The summed E-state index contributed by atoms with van der Waals surface area (Å²) in [6.45, 7) is 5.84. The number of hydrogen-bond acceptors (Lipinski definition) is 2. The van der Waals surface area contributed by atoms with Crippen LogP contribution in [0, 0.1) is 0 Å². The van der Waals surface area contributed by atoms with Crippen LogP contribution in [-0.2, 0) is 0 Å². The molecule has 0 aromatic carbocycles. The first-order valence-electron chi connectivity index (χ1n) is 14.0. The van der Waals surface area contributed by atoms with Crippen LogP contribution in [-0.4, -0.2) is 29.6 Å². The molecule has 0 fully saturated rings. The molecule has 0 aromatic rings. The molecule has 30 heavy (non-hydrogen) atoms. The predicted molar refractivity (Wildman–Crippen MR) is 136 cm³/mol. The second kappa shape index (κ2) is 20.3. The quantitative estimate of drug-likeness (QED) is 0.161. The Hall–Kier alpha value is -0.660. The average molecular weight is 421 g/mol. The molecule has 1 atom stereocenters. The molecule has 0 aliphatic carbocycles. The van der Waals surface area contributed by atoms with Gasteiger partial charge in [-0.25, -0.2) is 0 Å². The molecule has 0 radical (unpaired) electrons. The van der Waals surface area contributed by atoms with E-state index in [1.54, 1.807) is 0 Å². The Morgan fingerprint density at radius 1 is 0.500 bits per heavy atom. The molecule has 2 heteroatoms. The number of hydrogen-bond donors (Lipinski definition) is 0. The SMILES string of the molecule is CCCCCCCCCCCCCCCCCCC1N(C)C=CN1CCCCCC. The van der Waals surface area contributed by atoms with Crippen LogP contribution < -0.4 is 0 Å². The molecule has 0 N–H and O–H groups in total. The zero-order chi connectivity index (χ0) is 21.7. The fourth-order valence-electron chi connectivity index (χ4n) is 4.81. The fraction of sp³-hybridized carbons (Fsp3) is 0.929. The van der Waals surface area contributed by atoms with E-state index in [9.17, 15) is 0 Å². The van der Waals surface area contributed by atoms with Gasteiger partial charge < -0.3 is 9.80 Å². The summed E-state index contributed by atoms with van der Waals surface area (Å²) in [6, 6.07) is 0. The van der Waals surface area contributed by atoms with Gasteiger partial charge in [-0.2, -0.15) is 0 Å². The van der Waals surface area contributed by atoms with Crippen LogP contribution in [0.25, 0.3) is 0 Å². The van der Waals surface area contributed by atoms with E-state index in [1.807, 2.05) is 0 Å². The summed E-state index contributed by atoms with van der Waals surface area (Å²) in [5.74, 6) is 0. The van der Waals surface area contributed by atoms with E-state index in [-0.39, 0.29) is 0 Å². The third-order valence-corrected chi connectivity index (χ3v) is 6.93. The molecule has 1 rings (SSSR count). The lowest BCUT2D eigenvalue weighted by molar-refractivity contribution is 0.159. The van der Waals surface area contributed by atoms with E-state index in [2.05, 4.69) is 43.1 Å². The van der Waals surface area contributed by atoms with Crippen LogP contribution in [0.1, 0.15) is 149 Å². The molecule has 1 unspecified atom stereocenters. The largest absolute Gasteiger partial charge is 0.359 e. The van der Waals surface area contributed by atoms with Crippen molar-refractivity contribution in [3.63, 3.8) is 0 Å². The second-order valence-corrected chi connectivity index (χ2v) is 9.83. The molecule has 178 valence electrons. The number of unbranched alkanes of at least 4 members (excludes halogenated alkanes) is 18. The van der Waals surface area contributed by atoms with E-state index < -0.39 is 0 Å². The van der Waals surface area contributed by atoms with Gasteiger partial charge in [0.15, 0.2) is 0 Å². The van der Waals surface area contributed by atoms with E-state index in [0.717, 1.165) is 0 Å². The van der Waals surface area contributed by atoms with E-state index in [4.69, 9.17) is 0 Å². The van der Waals surface area contributed by atoms with Crippen molar-refractivity contribution in [3.8, 4) is 0 Å². The van der Waals surface area contributed by atoms with Crippen molar-refractivity contribution in [3.05, 3.63) is 12.4 Å². The molecule has 0 spiro atoms. The minimum Gasteiger partial charge on any atom is -0.359 e. The van der Waals surface area contributed by atoms with Gasteiger partial charge in [0, 0.05) is 26.0 Å². The summed E-state index contributed by atoms with van der Waals surface area (Å²) in [5.41, 5.74) is 0. The minimum atomic E-state index is 0.623. The number of nitrogens with zero attached hydrogens (tertiary/aromatic N) is 2. The molecule has 0 saturated heterocycles. The molecule has 0 bridgehead atoms. The molecule has 1 aliphatic heterocycles. The maximum absolute atomic E-state index is 2.58. The van der Waals surface area contributed by atoms with Crippen LogP contribution in [0.4, 0.5) is 0 Å². The van der Waals surface area contributed by atoms with Gasteiger partial charge in [0.2, 0.25) is 0 Å². The first-order valence-corrected chi connectivity index (χ1v) is 14.0.